The van der Waals surface area contributed by atoms with Gasteiger partial charge in [-0.3, -0.25) is 4.98 Å². The quantitative estimate of drug-likeness (QED) is 0.587. The van der Waals surface area contributed by atoms with Crippen molar-refractivity contribution < 1.29 is 9.13 Å². The average molecular weight is 489 g/mol. The molecule has 2 aromatic heterocycles. The van der Waals surface area contributed by atoms with Gasteiger partial charge in [-0.15, -0.1) is 0 Å². The van der Waals surface area contributed by atoms with E-state index in [4.69, 9.17) is 9.72 Å². The molecule has 8 heteroatoms. The van der Waals surface area contributed by atoms with Gasteiger partial charge in [-0.25, -0.2) is 4.39 Å². The molecule has 188 valence electrons. The minimum absolute atomic E-state index is 0.262. The van der Waals surface area contributed by atoms with Crippen molar-refractivity contribution in [2.24, 2.45) is 0 Å². The molecule has 2 bridgehead atoms. The predicted octanol–water partition coefficient (Wildman–Crippen LogP) is 3.73. The fourth-order valence-corrected chi connectivity index (χ4v) is 6.69. The van der Waals surface area contributed by atoms with Gasteiger partial charge in [0.2, 0.25) is 0 Å². The Morgan fingerprint density at radius 1 is 1.08 bits per heavy atom. The minimum Gasteiger partial charge on any atom is -0.462 e. The maximum absolute atomic E-state index is 16.3. The number of nitrogens with zero attached hydrogens (tertiary/aromatic N) is 5. The number of hydrogen-bond donors (Lipinski definition) is 1. The summed E-state index contributed by atoms with van der Waals surface area (Å²) >= 11 is 0. The summed E-state index contributed by atoms with van der Waals surface area (Å²) in [7, 11) is 2.13. The number of likely N-dealkylation sites (N-methyl/N-ethyl adjacent to an activating group) is 1. The van der Waals surface area contributed by atoms with Crippen molar-refractivity contribution in [3.8, 4) is 17.3 Å². The Kier molecular flexibility index (Phi) is 5.54. The highest BCUT2D eigenvalue weighted by atomic mass is 19.1. The molecular weight excluding hydrogens is 455 g/mol. The van der Waals surface area contributed by atoms with Crippen LogP contribution in [0.15, 0.2) is 24.4 Å². The van der Waals surface area contributed by atoms with Crippen molar-refractivity contribution >= 4 is 16.7 Å². The molecule has 4 aliphatic rings. The summed E-state index contributed by atoms with van der Waals surface area (Å²) in [6, 6.07) is 7.63. The summed E-state index contributed by atoms with van der Waals surface area (Å²) in [6.45, 7) is 3.29. The van der Waals surface area contributed by atoms with E-state index in [-0.39, 0.29) is 11.8 Å². The first-order chi connectivity index (χ1) is 17.6. The highest BCUT2D eigenvalue weighted by Crippen LogP contribution is 2.37. The molecule has 3 saturated heterocycles. The van der Waals surface area contributed by atoms with Crippen LogP contribution < -0.4 is 15.0 Å². The summed E-state index contributed by atoms with van der Waals surface area (Å²) in [5.41, 5.74) is 4.10. The van der Waals surface area contributed by atoms with Crippen molar-refractivity contribution in [3.05, 3.63) is 41.3 Å². The maximum Gasteiger partial charge on any atom is 0.319 e. The van der Waals surface area contributed by atoms with Gasteiger partial charge in [0, 0.05) is 43.0 Å². The van der Waals surface area contributed by atoms with Crippen LogP contribution in [0.5, 0.6) is 6.01 Å². The Balaban J connectivity index is 1.32. The normalized spacial score (nSPS) is 25.6. The van der Waals surface area contributed by atoms with Crippen molar-refractivity contribution in [2.45, 2.75) is 63.1 Å². The molecule has 1 N–H and O–H groups in total. The van der Waals surface area contributed by atoms with Crippen molar-refractivity contribution in [1.82, 2.24) is 25.2 Å². The number of nitrogens with one attached hydrogen (secondary N) is 1. The summed E-state index contributed by atoms with van der Waals surface area (Å²) in [6.07, 6.45) is 9.48. The number of halogens is 1. The Labute approximate surface area is 211 Å². The molecule has 7 nitrogen and oxygen atoms in total. The van der Waals surface area contributed by atoms with Crippen molar-refractivity contribution in [3.63, 3.8) is 0 Å². The van der Waals surface area contributed by atoms with E-state index >= 15 is 4.39 Å². The smallest absolute Gasteiger partial charge is 0.319 e. The maximum atomic E-state index is 16.3. The molecule has 3 fully saturated rings. The largest absolute Gasteiger partial charge is 0.462 e. The van der Waals surface area contributed by atoms with Gasteiger partial charge >= 0.3 is 6.01 Å². The van der Waals surface area contributed by atoms with Crippen LogP contribution in [0.4, 0.5) is 10.2 Å². The standard InChI is InChI=1S/C28H33FN6O/c1-34-12-4-7-20(34)16-36-28-32-26-23(27(33-28)35-14-18-10-11-19(15-35)31-18)13-30-25(24(26)29)22-9-3-6-17-5-2-8-21(17)22/h3,6,9,13,18-20,31H,2,4-5,7-8,10-12,14-16H2,1H3/t18-,19+,20-/m0/s1. The fraction of sp³-hybridized carbons (Fsp3) is 0.536. The SMILES string of the molecule is CN1CCC[C@H]1COc1nc(N2C[C@H]3CC[C@@H](C2)N3)c2cnc(-c3cccc4c3CCC4)c(F)c2n1. The van der Waals surface area contributed by atoms with Gasteiger partial charge in [-0.05, 0) is 69.7 Å². The first-order valence-corrected chi connectivity index (χ1v) is 13.5. The van der Waals surface area contributed by atoms with Gasteiger partial charge in [0.1, 0.15) is 23.6 Å². The van der Waals surface area contributed by atoms with Crippen LogP contribution in [0.1, 0.15) is 43.2 Å². The topological polar surface area (TPSA) is 66.4 Å². The van der Waals surface area contributed by atoms with E-state index in [9.17, 15) is 0 Å². The van der Waals surface area contributed by atoms with Gasteiger partial charge in [0.05, 0.1) is 5.39 Å². The van der Waals surface area contributed by atoms with Crippen molar-refractivity contribution in [2.75, 3.05) is 38.2 Å². The lowest BCUT2D eigenvalue weighted by molar-refractivity contribution is 0.188. The van der Waals surface area contributed by atoms with Gasteiger partial charge < -0.3 is 19.9 Å². The van der Waals surface area contributed by atoms with Gasteiger partial charge in [-0.2, -0.15) is 9.97 Å². The molecule has 0 radical (unpaired) electrons. The van der Waals surface area contributed by atoms with Crippen LogP contribution in [-0.2, 0) is 12.8 Å². The molecule has 0 saturated carbocycles. The second-order valence-electron chi connectivity index (χ2n) is 10.9. The zero-order valence-corrected chi connectivity index (χ0v) is 20.8. The summed E-state index contributed by atoms with van der Waals surface area (Å²) in [5, 5.41) is 4.34. The number of aryl methyl sites for hydroxylation is 1. The van der Waals surface area contributed by atoms with Crippen LogP contribution in [0, 0.1) is 5.82 Å². The molecule has 3 aromatic rings. The molecule has 7 rings (SSSR count). The van der Waals surface area contributed by atoms with Gasteiger partial charge in [0.15, 0.2) is 5.82 Å². The zero-order valence-electron chi connectivity index (χ0n) is 20.8. The number of aromatic nitrogens is 3. The van der Waals surface area contributed by atoms with Crippen LogP contribution in [-0.4, -0.2) is 71.3 Å². The second-order valence-corrected chi connectivity index (χ2v) is 10.9. The van der Waals surface area contributed by atoms with Crippen LogP contribution in [0.25, 0.3) is 22.2 Å². The van der Waals surface area contributed by atoms with E-state index in [1.165, 1.54) is 17.5 Å². The average Bonchev–Trinajstić information content (AvgIpc) is 3.62. The Morgan fingerprint density at radius 2 is 1.94 bits per heavy atom. The van der Waals surface area contributed by atoms with E-state index in [1.54, 1.807) is 6.20 Å². The first kappa shape index (κ1) is 22.4. The molecular formula is C28H33FN6O. The second kappa shape index (κ2) is 8.92. The van der Waals surface area contributed by atoms with E-state index in [0.29, 0.717) is 41.3 Å². The molecule has 0 unspecified atom stereocenters. The molecule has 5 heterocycles. The number of piperazine rings is 1. The van der Waals surface area contributed by atoms with Gasteiger partial charge in [0.25, 0.3) is 0 Å². The van der Waals surface area contributed by atoms with E-state index in [0.717, 1.165) is 69.5 Å². The molecule has 3 aliphatic heterocycles. The minimum atomic E-state index is -0.377. The van der Waals surface area contributed by atoms with E-state index in [1.807, 2.05) is 12.1 Å². The van der Waals surface area contributed by atoms with Gasteiger partial charge in [-0.1, -0.05) is 18.2 Å². The third kappa shape index (κ3) is 3.82. The third-order valence-corrected chi connectivity index (χ3v) is 8.64. The van der Waals surface area contributed by atoms with Crippen LogP contribution in [0.2, 0.25) is 0 Å². The molecule has 0 amide bonds. The molecule has 0 spiro atoms. The monoisotopic (exact) mass is 488 g/mol. The number of likely N-dealkylation sites (tertiary alicyclic amines) is 1. The lowest BCUT2D eigenvalue weighted by Gasteiger charge is -2.34. The van der Waals surface area contributed by atoms with Crippen molar-refractivity contribution in [1.29, 1.82) is 0 Å². The number of rotatable bonds is 5. The molecule has 1 aromatic carbocycles. The zero-order chi connectivity index (χ0) is 24.2. The first-order valence-electron chi connectivity index (χ1n) is 13.5. The lowest BCUT2D eigenvalue weighted by atomic mass is 9.99. The highest BCUT2D eigenvalue weighted by molar-refractivity contribution is 5.92. The van der Waals surface area contributed by atoms with Crippen LogP contribution in [0.3, 0.4) is 0 Å². The Morgan fingerprint density at radius 3 is 2.75 bits per heavy atom. The number of fused-ring (bicyclic) bond motifs is 4. The number of ether oxygens (including phenoxy) is 1. The summed E-state index contributed by atoms with van der Waals surface area (Å²) in [4.78, 5) is 18.7. The number of benzene rings is 1. The van der Waals surface area contributed by atoms with Crippen LogP contribution >= 0.6 is 0 Å². The van der Waals surface area contributed by atoms with E-state index in [2.05, 4.69) is 38.2 Å². The number of anilines is 1. The Hall–Kier alpha value is -2.84. The predicted molar refractivity (Wildman–Crippen MR) is 138 cm³/mol. The number of hydrogen-bond acceptors (Lipinski definition) is 7. The lowest BCUT2D eigenvalue weighted by Crippen LogP contribution is -2.51. The Bertz CT molecular complexity index is 1300. The molecule has 1 aliphatic carbocycles. The molecule has 3 atom stereocenters. The summed E-state index contributed by atoms with van der Waals surface area (Å²) in [5.74, 6) is 0.363. The fourth-order valence-electron chi connectivity index (χ4n) is 6.69. The third-order valence-electron chi connectivity index (χ3n) is 8.64. The number of pyridine rings is 1. The van der Waals surface area contributed by atoms with E-state index < -0.39 is 0 Å². The molecule has 36 heavy (non-hydrogen) atoms. The summed E-state index contributed by atoms with van der Waals surface area (Å²) < 4.78 is 22.4. The highest BCUT2D eigenvalue weighted by Gasteiger charge is 2.34.